The molecule has 0 atom stereocenters. The van der Waals surface area contributed by atoms with Gasteiger partial charge in [-0.3, -0.25) is 9.10 Å². The molecule has 0 bridgehead atoms. The maximum atomic E-state index is 12.1. The summed E-state index contributed by atoms with van der Waals surface area (Å²) in [5.74, 6) is 0.406. The number of anilines is 1. The van der Waals surface area contributed by atoms with Crippen LogP contribution in [-0.2, 0) is 10.0 Å². The van der Waals surface area contributed by atoms with Crippen molar-refractivity contribution in [1.29, 1.82) is 0 Å². The fourth-order valence-electron chi connectivity index (χ4n) is 1.84. The van der Waals surface area contributed by atoms with Crippen LogP contribution in [0.3, 0.4) is 0 Å². The first-order valence-corrected chi connectivity index (χ1v) is 9.37. The Morgan fingerprint density at radius 3 is 2.30 bits per heavy atom. The number of sulfonamides is 1. The Hall–Kier alpha value is -1.86. The van der Waals surface area contributed by atoms with Gasteiger partial charge < -0.3 is 4.74 Å². The van der Waals surface area contributed by atoms with Crippen LogP contribution in [0.4, 0.5) is 5.69 Å². The molecule has 122 valence electrons. The summed E-state index contributed by atoms with van der Waals surface area (Å²) >= 11 is 3.35. The molecule has 5 nitrogen and oxygen atoms in total. The quantitative estimate of drug-likeness (QED) is 0.702. The van der Waals surface area contributed by atoms with Crippen molar-refractivity contribution < 1.29 is 17.9 Å². The molecule has 0 aromatic heterocycles. The highest BCUT2D eigenvalue weighted by Crippen LogP contribution is 2.24. The number of benzene rings is 2. The van der Waals surface area contributed by atoms with E-state index in [2.05, 4.69) is 15.9 Å². The number of hydrogen-bond acceptors (Lipinski definition) is 4. The molecule has 0 amide bonds. The van der Waals surface area contributed by atoms with Crippen molar-refractivity contribution in [3.8, 4) is 5.75 Å². The van der Waals surface area contributed by atoms with Gasteiger partial charge in [-0.25, -0.2) is 8.42 Å². The average molecular weight is 398 g/mol. The molecule has 0 heterocycles. The zero-order valence-electron chi connectivity index (χ0n) is 12.7. The molecule has 2 rings (SSSR count). The Kier molecular flexibility index (Phi) is 5.43. The molecule has 0 N–H and O–H groups in total. The number of carbonyl (C=O) groups is 1. The van der Waals surface area contributed by atoms with E-state index in [-0.39, 0.29) is 12.4 Å². The summed E-state index contributed by atoms with van der Waals surface area (Å²) in [5, 5.41) is 0. The Morgan fingerprint density at radius 2 is 1.74 bits per heavy atom. The van der Waals surface area contributed by atoms with Crippen molar-refractivity contribution >= 4 is 37.4 Å². The second kappa shape index (κ2) is 7.14. The Bertz CT molecular complexity index is 803. The van der Waals surface area contributed by atoms with Crippen molar-refractivity contribution in [3.63, 3.8) is 0 Å². The van der Waals surface area contributed by atoms with Crippen LogP contribution in [0.25, 0.3) is 0 Å². The highest BCUT2D eigenvalue weighted by molar-refractivity contribution is 9.10. The van der Waals surface area contributed by atoms with Crippen LogP contribution in [-0.4, -0.2) is 34.1 Å². The van der Waals surface area contributed by atoms with Gasteiger partial charge in [0.15, 0.2) is 12.4 Å². The third kappa shape index (κ3) is 4.56. The topological polar surface area (TPSA) is 63.7 Å². The number of rotatable bonds is 6. The minimum atomic E-state index is -3.32. The van der Waals surface area contributed by atoms with E-state index in [0.29, 0.717) is 17.0 Å². The number of para-hydroxylation sites is 1. The average Bonchev–Trinajstić information content (AvgIpc) is 2.52. The number of hydrogen-bond donors (Lipinski definition) is 0. The Balaban J connectivity index is 2.05. The molecule has 0 aliphatic rings. The lowest BCUT2D eigenvalue weighted by atomic mass is 10.1. The Labute approximate surface area is 144 Å². The minimum Gasteiger partial charge on any atom is -0.484 e. The van der Waals surface area contributed by atoms with E-state index in [9.17, 15) is 13.2 Å². The maximum absolute atomic E-state index is 12.1. The monoisotopic (exact) mass is 397 g/mol. The van der Waals surface area contributed by atoms with E-state index < -0.39 is 10.0 Å². The summed E-state index contributed by atoms with van der Waals surface area (Å²) < 4.78 is 30.4. The molecule has 7 heteroatoms. The Morgan fingerprint density at radius 1 is 1.13 bits per heavy atom. The molecule has 0 saturated heterocycles. The van der Waals surface area contributed by atoms with Crippen LogP contribution in [0.2, 0.25) is 0 Å². The standard InChI is InChI=1S/C16H16BrNO4S/c1-18(23(2,20)21)13-9-7-12(8-10-13)15(19)11-22-16-6-4-3-5-14(16)17/h3-10H,11H2,1-2H3. The zero-order chi connectivity index (χ0) is 17.0. The van der Waals surface area contributed by atoms with E-state index in [0.717, 1.165) is 15.0 Å². The molecule has 0 saturated carbocycles. The lowest BCUT2D eigenvalue weighted by molar-refractivity contribution is 0.0921. The molecule has 0 unspecified atom stereocenters. The van der Waals surface area contributed by atoms with Gasteiger partial charge in [-0.15, -0.1) is 0 Å². The molecule has 2 aromatic rings. The largest absolute Gasteiger partial charge is 0.484 e. The smallest absolute Gasteiger partial charge is 0.231 e. The normalized spacial score (nSPS) is 11.1. The molecule has 0 aliphatic carbocycles. The van der Waals surface area contributed by atoms with Crippen LogP contribution in [0, 0.1) is 0 Å². The summed E-state index contributed by atoms with van der Waals surface area (Å²) in [7, 11) is -1.86. The van der Waals surface area contributed by atoms with Gasteiger partial charge in [0.1, 0.15) is 5.75 Å². The molecule has 0 spiro atoms. The minimum absolute atomic E-state index is 0.0934. The summed E-state index contributed by atoms with van der Waals surface area (Å²) in [6.07, 6.45) is 1.12. The van der Waals surface area contributed by atoms with Gasteiger partial charge in [0, 0.05) is 12.6 Å². The van der Waals surface area contributed by atoms with Crippen molar-refractivity contribution in [2.75, 3.05) is 24.2 Å². The molecule has 2 aromatic carbocycles. The SMILES string of the molecule is CN(c1ccc(C(=O)COc2ccccc2Br)cc1)S(C)(=O)=O. The predicted octanol–water partition coefficient (Wildman–Crippen LogP) is 3.11. The third-order valence-electron chi connectivity index (χ3n) is 3.25. The zero-order valence-corrected chi connectivity index (χ0v) is 15.1. The lowest BCUT2D eigenvalue weighted by Crippen LogP contribution is -2.24. The second-order valence-electron chi connectivity index (χ2n) is 4.92. The number of carbonyl (C=O) groups excluding carboxylic acids is 1. The van der Waals surface area contributed by atoms with Gasteiger partial charge in [0.2, 0.25) is 10.0 Å². The number of Topliss-reactive ketones (excluding diaryl/α,β-unsaturated/α-hetero) is 1. The second-order valence-corrected chi connectivity index (χ2v) is 7.79. The first-order chi connectivity index (χ1) is 10.8. The van der Waals surface area contributed by atoms with Crippen LogP contribution < -0.4 is 9.04 Å². The van der Waals surface area contributed by atoms with E-state index in [1.54, 1.807) is 30.3 Å². The number of halogens is 1. The van der Waals surface area contributed by atoms with Crippen molar-refractivity contribution in [3.05, 3.63) is 58.6 Å². The van der Waals surface area contributed by atoms with Gasteiger partial charge in [0.25, 0.3) is 0 Å². The van der Waals surface area contributed by atoms with Gasteiger partial charge in [-0.2, -0.15) is 0 Å². The molecular formula is C16H16BrNO4S. The van der Waals surface area contributed by atoms with Crippen molar-refractivity contribution in [2.45, 2.75) is 0 Å². The molecule has 0 aliphatic heterocycles. The van der Waals surface area contributed by atoms with Gasteiger partial charge in [0.05, 0.1) is 16.4 Å². The lowest BCUT2D eigenvalue weighted by Gasteiger charge is -2.16. The van der Waals surface area contributed by atoms with E-state index in [1.165, 1.54) is 7.05 Å². The van der Waals surface area contributed by atoms with Crippen molar-refractivity contribution in [1.82, 2.24) is 0 Å². The number of ether oxygens (including phenoxy) is 1. The molecule has 0 fully saturated rings. The molecule has 0 radical (unpaired) electrons. The van der Waals surface area contributed by atoms with E-state index in [4.69, 9.17) is 4.74 Å². The fourth-order valence-corrected chi connectivity index (χ4v) is 2.74. The first-order valence-electron chi connectivity index (χ1n) is 6.73. The van der Waals surface area contributed by atoms with Crippen LogP contribution in [0.15, 0.2) is 53.0 Å². The van der Waals surface area contributed by atoms with Gasteiger partial charge in [-0.1, -0.05) is 12.1 Å². The highest BCUT2D eigenvalue weighted by atomic mass is 79.9. The summed E-state index contributed by atoms with van der Waals surface area (Å²) in [4.78, 5) is 12.1. The first kappa shape index (κ1) is 17.5. The van der Waals surface area contributed by atoms with E-state index in [1.807, 2.05) is 18.2 Å². The van der Waals surface area contributed by atoms with Gasteiger partial charge >= 0.3 is 0 Å². The predicted molar refractivity (Wildman–Crippen MR) is 93.7 cm³/mol. The summed E-state index contributed by atoms with van der Waals surface area (Å²) in [5.41, 5.74) is 0.957. The summed E-state index contributed by atoms with van der Waals surface area (Å²) in [6.45, 7) is -0.0934. The maximum Gasteiger partial charge on any atom is 0.231 e. The van der Waals surface area contributed by atoms with Crippen molar-refractivity contribution in [2.24, 2.45) is 0 Å². The van der Waals surface area contributed by atoms with Gasteiger partial charge in [-0.05, 0) is 52.3 Å². The molecular weight excluding hydrogens is 382 g/mol. The van der Waals surface area contributed by atoms with Crippen LogP contribution in [0.5, 0.6) is 5.75 Å². The van der Waals surface area contributed by atoms with Crippen LogP contribution >= 0.6 is 15.9 Å². The molecule has 23 heavy (non-hydrogen) atoms. The number of nitrogens with zero attached hydrogens (tertiary/aromatic N) is 1. The number of ketones is 1. The highest BCUT2D eigenvalue weighted by Gasteiger charge is 2.13. The third-order valence-corrected chi connectivity index (χ3v) is 5.11. The fraction of sp³-hybridized carbons (Fsp3) is 0.188. The van der Waals surface area contributed by atoms with E-state index >= 15 is 0 Å². The van der Waals surface area contributed by atoms with Crippen LogP contribution in [0.1, 0.15) is 10.4 Å². The summed E-state index contributed by atoms with van der Waals surface area (Å²) in [6, 6.07) is 13.6.